The van der Waals surface area contributed by atoms with Gasteiger partial charge in [0.25, 0.3) is 5.91 Å². The molecule has 0 unspecified atom stereocenters. The van der Waals surface area contributed by atoms with E-state index in [1.165, 1.54) is 11.8 Å². The van der Waals surface area contributed by atoms with Crippen LogP contribution in [0.25, 0.3) is 6.08 Å². The molecule has 24 heavy (non-hydrogen) atoms. The van der Waals surface area contributed by atoms with E-state index in [0.717, 1.165) is 17.0 Å². The maximum Gasteiger partial charge on any atom is 0.266 e. The number of halogens is 1. The third kappa shape index (κ3) is 3.63. The summed E-state index contributed by atoms with van der Waals surface area (Å²) in [4.78, 5) is 19.1. The van der Waals surface area contributed by atoms with Gasteiger partial charge in [0.1, 0.15) is 5.75 Å². The van der Waals surface area contributed by atoms with Gasteiger partial charge in [0.05, 0.1) is 17.7 Å². The molecule has 0 bridgehead atoms. The Morgan fingerprint density at radius 1 is 1.12 bits per heavy atom. The Kier molecular flexibility index (Phi) is 4.92. The van der Waals surface area contributed by atoms with Gasteiger partial charge in [0.2, 0.25) is 0 Å². The van der Waals surface area contributed by atoms with Crippen LogP contribution in [0, 0.1) is 0 Å². The summed E-state index contributed by atoms with van der Waals surface area (Å²) >= 11 is 7.23. The van der Waals surface area contributed by atoms with Crippen molar-refractivity contribution in [2.45, 2.75) is 0 Å². The molecule has 0 radical (unpaired) electrons. The fourth-order valence-electron chi connectivity index (χ4n) is 2.13. The summed E-state index contributed by atoms with van der Waals surface area (Å²) in [5.41, 5.74) is 1.69. The molecule has 1 aliphatic heterocycles. The number of carbonyl (C=O) groups is 1. The summed E-state index contributed by atoms with van der Waals surface area (Å²) in [6.07, 6.45) is 1.85. The Balaban J connectivity index is 1.85. The highest BCUT2D eigenvalue weighted by atomic mass is 35.5. The van der Waals surface area contributed by atoms with Crippen molar-refractivity contribution in [1.29, 1.82) is 0 Å². The summed E-state index contributed by atoms with van der Waals surface area (Å²) in [5.74, 6) is 0.716. The van der Waals surface area contributed by atoms with Crippen LogP contribution >= 0.6 is 23.4 Å². The van der Waals surface area contributed by atoms with E-state index >= 15 is 0 Å². The zero-order valence-electron chi connectivity index (χ0n) is 13.2. The summed E-state index contributed by atoms with van der Waals surface area (Å²) in [6.45, 7) is 0. The summed E-state index contributed by atoms with van der Waals surface area (Å²) in [5, 5.41) is 1.30. The first-order valence-corrected chi connectivity index (χ1v) is 8.42. The predicted octanol–water partition coefficient (Wildman–Crippen LogP) is 4.58. The molecule has 2 aromatic carbocycles. The average Bonchev–Trinajstić information content (AvgIpc) is 2.86. The third-order valence-corrected chi connectivity index (χ3v) is 4.78. The minimum Gasteiger partial charge on any atom is -0.497 e. The van der Waals surface area contributed by atoms with Crippen LogP contribution in [-0.2, 0) is 4.79 Å². The van der Waals surface area contributed by atoms with Gasteiger partial charge in [-0.15, -0.1) is 0 Å². The lowest BCUT2D eigenvalue weighted by Gasteiger charge is -2.07. The van der Waals surface area contributed by atoms with Gasteiger partial charge in [0, 0.05) is 12.1 Å². The first-order chi connectivity index (χ1) is 11.6. The number of amides is 1. The van der Waals surface area contributed by atoms with E-state index in [-0.39, 0.29) is 5.91 Å². The number of nitrogens with zero attached hydrogens (tertiary/aromatic N) is 2. The molecule has 1 saturated heterocycles. The maximum atomic E-state index is 12.4. The monoisotopic (exact) mass is 358 g/mol. The maximum absolute atomic E-state index is 12.4. The standard InChI is InChI=1S/C18H15ClN2O2S/c1-21-17(22)16(11-12-3-9-15(23-2)10-4-12)24-18(21)20-14-7-5-13(19)6-8-14/h3-11H,1-2H3/b16-11-,20-18?. The van der Waals surface area contributed by atoms with E-state index in [2.05, 4.69) is 4.99 Å². The Hall–Kier alpha value is -2.24. The van der Waals surface area contributed by atoms with Gasteiger partial charge in [-0.25, -0.2) is 4.99 Å². The van der Waals surface area contributed by atoms with Crippen LogP contribution in [0.1, 0.15) is 5.56 Å². The van der Waals surface area contributed by atoms with Crippen LogP contribution in [0.15, 0.2) is 58.4 Å². The van der Waals surface area contributed by atoms with Gasteiger partial charge in [-0.1, -0.05) is 23.7 Å². The highest BCUT2D eigenvalue weighted by molar-refractivity contribution is 8.18. The molecule has 1 fully saturated rings. The Morgan fingerprint density at radius 2 is 1.79 bits per heavy atom. The van der Waals surface area contributed by atoms with Crippen LogP contribution in [-0.4, -0.2) is 30.1 Å². The number of carbonyl (C=O) groups excluding carboxylic acids is 1. The van der Waals surface area contributed by atoms with E-state index < -0.39 is 0 Å². The molecule has 122 valence electrons. The first-order valence-electron chi connectivity index (χ1n) is 7.23. The molecule has 1 aliphatic rings. The number of benzene rings is 2. The van der Waals surface area contributed by atoms with Crippen LogP contribution in [0.4, 0.5) is 5.69 Å². The fourth-order valence-corrected chi connectivity index (χ4v) is 3.24. The zero-order valence-corrected chi connectivity index (χ0v) is 14.8. The smallest absolute Gasteiger partial charge is 0.266 e. The molecular formula is C18H15ClN2O2S. The highest BCUT2D eigenvalue weighted by Crippen LogP contribution is 2.33. The van der Waals surface area contributed by atoms with Gasteiger partial charge in [0.15, 0.2) is 5.17 Å². The molecule has 0 N–H and O–H groups in total. The Bertz CT molecular complexity index is 814. The SMILES string of the molecule is COc1ccc(/C=C2\SC(=Nc3ccc(Cl)cc3)N(C)C2=O)cc1. The van der Waals surface area contributed by atoms with Crippen molar-refractivity contribution < 1.29 is 9.53 Å². The molecule has 1 heterocycles. The summed E-state index contributed by atoms with van der Waals surface area (Å²) in [7, 11) is 3.34. The van der Waals surface area contributed by atoms with E-state index in [9.17, 15) is 4.79 Å². The summed E-state index contributed by atoms with van der Waals surface area (Å²) in [6, 6.07) is 14.7. The summed E-state index contributed by atoms with van der Waals surface area (Å²) < 4.78 is 5.14. The molecule has 6 heteroatoms. The predicted molar refractivity (Wildman–Crippen MR) is 99.9 cm³/mol. The quantitative estimate of drug-likeness (QED) is 0.754. The number of amidine groups is 1. The van der Waals surface area contributed by atoms with Gasteiger partial charge in [-0.05, 0) is 59.8 Å². The van der Waals surface area contributed by atoms with E-state index in [1.54, 1.807) is 31.2 Å². The van der Waals surface area contributed by atoms with Gasteiger partial charge in [-0.3, -0.25) is 9.69 Å². The first kappa shape index (κ1) is 16.6. The third-order valence-electron chi connectivity index (χ3n) is 3.47. The Labute approximate surface area is 149 Å². The average molecular weight is 359 g/mol. The second kappa shape index (κ2) is 7.11. The number of rotatable bonds is 3. The van der Waals surface area contributed by atoms with E-state index in [1.807, 2.05) is 42.5 Å². The molecule has 2 aromatic rings. The molecular weight excluding hydrogens is 344 g/mol. The normalized spacial score (nSPS) is 17.8. The van der Waals surface area contributed by atoms with Crippen LogP contribution < -0.4 is 4.74 Å². The molecule has 3 rings (SSSR count). The molecule has 1 amide bonds. The molecule has 0 aliphatic carbocycles. The number of likely N-dealkylation sites (N-methyl/N-ethyl adjacent to an activating group) is 1. The number of hydrogen-bond donors (Lipinski definition) is 0. The lowest BCUT2D eigenvalue weighted by molar-refractivity contribution is -0.121. The van der Waals surface area contributed by atoms with Gasteiger partial charge >= 0.3 is 0 Å². The zero-order chi connectivity index (χ0) is 17.1. The molecule has 0 aromatic heterocycles. The van der Waals surface area contributed by atoms with Crippen LogP contribution in [0.5, 0.6) is 5.75 Å². The van der Waals surface area contributed by atoms with Crippen molar-refractivity contribution in [2.75, 3.05) is 14.2 Å². The van der Waals surface area contributed by atoms with E-state index in [0.29, 0.717) is 15.1 Å². The van der Waals surface area contributed by atoms with Crippen LogP contribution in [0.2, 0.25) is 5.02 Å². The van der Waals surface area contributed by atoms with Crippen molar-refractivity contribution in [3.05, 3.63) is 64.0 Å². The Morgan fingerprint density at radius 3 is 2.42 bits per heavy atom. The number of hydrogen-bond acceptors (Lipinski definition) is 4. The van der Waals surface area contributed by atoms with Crippen molar-refractivity contribution in [3.8, 4) is 5.75 Å². The molecule has 0 saturated carbocycles. The van der Waals surface area contributed by atoms with E-state index in [4.69, 9.17) is 16.3 Å². The lowest BCUT2D eigenvalue weighted by atomic mass is 10.2. The second-order valence-corrected chi connectivity index (χ2v) is 6.56. The van der Waals surface area contributed by atoms with Gasteiger partial charge in [-0.2, -0.15) is 0 Å². The number of methoxy groups -OCH3 is 1. The topological polar surface area (TPSA) is 41.9 Å². The van der Waals surface area contributed by atoms with Crippen molar-refractivity contribution in [2.24, 2.45) is 4.99 Å². The second-order valence-electron chi connectivity index (χ2n) is 5.12. The lowest BCUT2D eigenvalue weighted by Crippen LogP contribution is -2.23. The number of ether oxygens (including phenoxy) is 1. The fraction of sp³-hybridized carbons (Fsp3) is 0.111. The molecule has 4 nitrogen and oxygen atoms in total. The van der Waals surface area contributed by atoms with Crippen molar-refractivity contribution >= 4 is 46.2 Å². The van der Waals surface area contributed by atoms with Crippen LogP contribution in [0.3, 0.4) is 0 Å². The van der Waals surface area contributed by atoms with Gasteiger partial charge < -0.3 is 4.74 Å². The minimum absolute atomic E-state index is 0.0662. The number of thioether (sulfide) groups is 1. The molecule has 0 atom stereocenters. The van der Waals surface area contributed by atoms with Crippen molar-refractivity contribution in [3.63, 3.8) is 0 Å². The number of aliphatic imine (C=N–C) groups is 1. The highest BCUT2D eigenvalue weighted by Gasteiger charge is 2.30. The largest absolute Gasteiger partial charge is 0.497 e. The molecule has 0 spiro atoms. The minimum atomic E-state index is -0.0662. The van der Waals surface area contributed by atoms with Crippen molar-refractivity contribution in [1.82, 2.24) is 4.90 Å².